The van der Waals surface area contributed by atoms with Crippen molar-refractivity contribution in [2.24, 2.45) is 0 Å². The van der Waals surface area contributed by atoms with E-state index in [1.165, 1.54) is 0 Å². The van der Waals surface area contributed by atoms with E-state index in [4.69, 9.17) is 11.6 Å². The van der Waals surface area contributed by atoms with E-state index in [9.17, 15) is 8.42 Å². The van der Waals surface area contributed by atoms with Gasteiger partial charge in [-0.1, -0.05) is 30.7 Å². The highest BCUT2D eigenvalue weighted by Crippen LogP contribution is 2.29. The predicted molar refractivity (Wildman–Crippen MR) is 74.7 cm³/mol. The number of hydrogen-bond donors (Lipinski definition) is 1. The van der Waals surface area contributed by atoms with Crippen molar-refractivity contribution in [3.05, 3.63) is 34.9 Å². The average Bonchev–Trinajstić information content (AvgIpc) is 2.33. The molecule has 1 aromatic rings. The zero-order valence-electron chi connectivity index (χ0n) is 10.6. The third-order valence-electron chi connectivity index (χ3n) is 3.61. The van der Waals surface area contributed by atoms with Crippen LogP contribution in [0.2, 0.25) is 5.02 Å². The van der Waals surface area contributed by atoms with Gasteiger partial charge in [0.2, 0.25) is 0 Å². The molecule has 18 heavy (non-hydrogen) atoms. The molecule has 0 aliphatic carbocycles. The summed E-state index contributed by atoms with van der Waals surface area (Å²) in [7, 11) is -3.03. The number of halogens is 1. The smallest absolute Gasteiger partial charge is 0.156 e. The molecule has 1 aromatic carbocycles. The van der Waals surface area contributed by atoms with E-state index in [1.807, 2.05) is 19.1 Å². The summed E-state index contributed by atoms with van der Waals surface area (Å²) in [6.45, 7) is 3.77. The summed E-state index contributed by atoms with van der Waals surface area (Å²) < 4.78 is 24.3. The largest absolute Gasteiger partial charge is 0.305 e. The fraction of sp³-hybridized carbons (Fsp3) is 0.538. The monoisotopic (exact) mass is 287 g/mol. The summed E-state index contributed by atoms with van der Waals surface area (Å²) in [4.78, 5) is 0. The van der Waals surface area contributed by atoms with Crippen molar-refractivity contribution in [2.45, 2.75) is 37.6 Å². The molecule has 3 unspecified atom stereocenters. The van der Waals surface area contributed by atoms with Crippen molar-refractivity contribution < 1.29 is 8.42 Å². The fourth-order valence-corrected chi connectivity index (χ4v) is 4.32. The van der Waals surface area contributed by atoms with E-state index >= 15 is 0 Å². The van der Waals surface area contributed by atoms with Gasteiger partial charge in [-0.3, -0.25) is 0 Å². The second-order valence-corrected chi connectivity index (χ2v) is 7.67. The van der Waals surface area contributed by atoms with Crippen LogP contribution in [0.1, 0.15) is 31.9 Å². The third-order valence-corrected chi connectivity index (χ3v) is 6.13. The first-order valence-corrected chi connectivity index (χ1v) is 8.26. The maximum Gasteiger partial charge on any atom is 0.156 e. The highest BCUT2D eigenvalue weighted by molar-refractivity contribution is 7.92. The quantitative estimate of drug-likeness (QED) is 0.909. The van der Waals surface area contributed by atoms with E-state index in [0.29, 0.717) is 5.02 Å². The lowest BCUT2D eigenvalue weighted by molar-refractivity contribution is 0.404. The molecule has 0 amide bonds. The van der Waals surface area contributed by atoms with E-state index < -0.39 is 15.1 Å². The summed E-state index contributed by atoms with van der Waals surface area (Å²) in [6, 6.07) is 7.27. The Morgan fingerprint density at radius 2 is 1.94 bits per heavy atom. The van der Waals surface area contributed by atoms with Gasteiger partial charge in [0, 0.05) is 17.1 Å². The molecule has 5 heteroatoms. The van der Waals surface area contributed by atoms with Crippen LogP contribution in [0.5, 0.6) is 0 Å². The summed E-state index contributed by atoms with van der Waals surface area (Å²) >= 11 is 5.86. The molecule has 0 spiro atoms. The van der Waals surface area contributed by atoms with E-state index in [-0.39, 0.29) is 17.8 Å². The minimum absolute atomic E-state index is 0.0341. The normalized spacial score (nSPS) is 31.2. The summed E-state index contributed by atoms with van der Waals surface area (Å²) in [6.07, 6.45) is 0.816. The average molecular weight is 288 g/mol. The molecule has 1 fully saturated rings. The van der Waals surface area contributed by atoms with Gasteiger partial charge in [0.25, 0.3) is 0 Å². The van der Waals surface area contributed by atoms with Crippen LogP contribution < -0.4 is 5.32 Å². The highest BCUT2D eigenvalue weighted by atomic mass is 35.5. The van der Waals surface area contributed by atoms with Crippen LogP contribution in [0.4, 0.5) is 0 Å². The van der Waals surface area contributed by atoms with Crippen LogP contribution >= 0.6 is 11.6 Å². The van der Waals surface area contributed by atoms with Gasteiger partial charge in [-0.2, -0.15) is 0 Å². The van der Waals surface area contributed by atoms with E-state index in [1.54, 1.807) is 19.1 Å². The molecule has 3 nitrogen and oxygen atoms in total. The Labute approximate surface area is 113 Å². The molecule has 1 N–H and O–H groups in total. The van der Waals surface area contributed by atoms with E-state index in [2.05, 4.69) is 5.32 Å². The van der Waals surface area contributed by atoms with Crippen molar-refractivity contribution in [3.63, 3.8) is 0 Å². The molecule has 0 aromatic heterocycles. The molecule has 1 aliphatic heterocycles. The van der Waals surface area contributed by atoms with Gasteiger partial charge < -0.3 is 5.32 Å². The van der Waals surface area contributed by atoms with Crippen molar-refractivity contribution in [3.8, 4) is 0 Å². The third kappa shape index (κ3) is 2.71. The Bertz CT molecular complexity index is 512. The van der Waals surface area contributed by atoms with E-state index in [0.717, 1.165) is 12.0 Å². The first kappa shape index (κ1) is 13.8. The molecule has 0 bridgehead atoms. The van der Waals surface area contributed by atoms with Crippen LogP contribution in [-0.2, 0) is 9.84 Å². The lowest BCUT2D eigenvalue weighted by Gasteiger charge is -2.35. The van der Waals surface area contributed by atoms with Crippen LogP contribution in [0.25, 0.3) is 0 Å². The van der Waals surface area contributed by atoms with Crippen LogP contribution in [0, 0.1) is 0 Å². The Hall–Kier alpha value is -0.580. The maximum absolute atomic E-state index is 12.1. The van der Waals surface area contributed by atoms with Gasteiger partial charge in [0.05, 0.1) is 11.0 Å². The Morgan fingerprint density at radius 1 is 1.33 bits per heavy atom. The topological polar surface area (TPSA) is 46.2 Å². The summed E-state index contributed by atoms with van der Waals surface area (Å²) in [5.41, 5.74) is 0.980. The number of nitrogens with one attached hydrogen (secondary N) is 1. The SMILES string of the molecule is CCC1CS(=O)(=O)C(C)C(c2ccc(Cl)cc2)N1. The van der Waals surface area contributed by atoms with Gasteiger partial charge >= 0.3 is 0 Å². The molecule has 1 saturated heterocycles. The van der Waals surface area contributed by atoms with Gasteiger partial charge in [-0.15, -0.1) is 0 Å². The first-order chi connectivity index (χ1) is 8.44. The minimum atomic E-state index is -3.03. The fourth-order valence-electron chi connectivity index (χ4n) is 2.35. The second-order valence-electron chi connectivity index (χ2n) is 4.84. The van der Waals surface area contributed by atoms with Crippen LogP contribution in [0.15, 0.2) is 24.3 Å². The lowest BCUT2D eigenvalue weighted by Crippen LogP contribution is -2.51. The molecular formula is C13H18ClNO2S. The Kier molecular flexibility index (Phi) is 3.99. The van der Waals surface area contributed by atoms with Crippen LogP contribution in [0.3, 0.4) is 0 Å². The second kappa shape index (κ2) is 5.19. The number of hydrogen-bond acceptors (Lipinski definition) is 3. The number of sulfone groups is 1. The Balaban J connectivity index is 2.33. The Morgan fingerprint density at radius 3 is 2.50 bits per heavy atom. The number of rotatable bonds is 2. The van der Waals surface area contributed by atoms with Gasteiger partial charge in [0.1, 0.15) is 0 Å². The standard InChI is InChI=1S/C13H18ClNO2S/c1-3-12-8-18(16,17)9(2)13(15-12)10-4-6-11(14)7-5-10/h4-7,9,12-13,15H,3,8H2,1-2H3. The van der Waals surface area contributed by atoms with Gasteiger partial charge in [-0.25, -0.2) is 8.42 Å². The molecule has 3 atom stereocenters. The van der Waals surface area contributed by atoms with Crippen LogP contribution in [-0.4, -0.2) is 25.5 Å². The van der Waals surface area contributed by atoms with Crippen molar-refractivity contribution >= 4 is 21.4 Å². The lowest BCUT2D eigenvalue weighted by atomic mass is 10.0. The number of benzene rings is 1. The summed E-state index contributed by atoms with van der Waals surface area (Å²) in [5.74, 6) is 0.231. The van der Waals surface area contributed by atoms with Gasteiger partial charge in [0.15, 0.2) is 9.84 Å². The molecular weight excluding hydrogens is 270 g/mol. The molecule has 100 valence electrons. The van der Waals surface area contributed by atoms with Crippen molar-refractivity contribution in [2.75, 3.05) is 5.75 Å². The first-order valence-electron chi connectivity index (χ1n) is 6.17. The predicted octanol–water partition coefficient (Wildman–Crippen LogP) is 2.57. The maximum atomic E-state index is 12.1. The molecule has 0 saturated carbocycles. The molecule has 1 aliphatic rings. The molecule has 0 radical (unpaired) electrons. The minimum Gasteiger partial charge on any atom is -0.305 e. The van der Waals surface area contributed by atoms with Crippen molar-refractivity contribution in [1.82, 2.24) is 5.32 Å². The van der Waals surface area contributed by atoms with Crippen molar-refractivity contribution in [1.29, 1.82) is 0 Å². The summed E-state index contributed by atoms with van der Waals surface area (Å²) in [5, 5.41) is 3.68. The molecule has 1 heterocycles. The zero-order valence-corrected chi connectivity index (χ0v) is 12.1. The zero-order chi connectivity index (χ0) is 13.3. The van der Waals surface area contributed by atoms with Gasteiger partial charge in [-0.05, 0) is 31.0 Å². The molecule has 2 rings (SSSR count). The highest BCUT2D eigenvalue weighted by Gasteiger charge is 2.38.